The normalized spacial score (nSPS) is 32.5. The Kier molecular flexibility index (Phi) is 4.33. The van der Waals surface area contributed by atoms with Crippen molar-refractivity contribution in [3.05, 3.63) is 0 Å². The van der Waals surface area contributed by atoms with Crippen molar-refractivity contribution in [1.82, 2.24) is 5.32 Å². The second kappa shape index (κ2) is 5.30. The number of aliphatic hydroxyl groups excluding tert-OH is 1. The standard InChI is InChI=1S/C10H18N2O2/c1-14-9-3-2-4-10(7-9,8-11)12-5-6-13/h9,12-13H,2-7H2,1H3. The molecule has 0 saturated heterocycles. The van der Waals surface area contributed by atoms with Crippen molar-refractivity contribution in [2.24, 2.45) is 0 Å². The van der Waals surface area contributed by atoms with Gasteiger partial charge in [0.2, 0.25) is 0 Å². The summed E-state index contributed by atoms with van der Waals surface area (Å²) in [5.74, 6) is 0. The minimum absolute atomic E-state index is 0.0705. The fourth-order valence-corrected chi connectivity index (χ4v) is 2.02. The molecule has 1 aliphatic carbocycles. The molecule has 0 amide bonds. The number of nitriles is 1. The average molecular weight is 198 g/mol. The summed E-state index contributed by atoms with van der Waals surface area (Å²) in [4.78, 5) is 0. The quantitative estimate of drug-likeness (QED) is 0.687. The van der Waals surface area contributed by atoms with Gasteiger partial charge in [-0.2, -0.15) is 5.26 Å². The third-order valence-electron chi connectivity index (χ3n) is 2.83. The van der Waals surface area contributed by atoms with Crippen LogP contribution in [0, 0.1) is 11.3 Å². The predicted octanol–water partition coefficient (Wildman–Crippen LogP) is 0.420. The van der Waals surface area contributed by atoms with Crippen molar-refractivity contribution in [2.45, 2.75) is 37.3 Å². The minimum Gasteiger partial charge on any atom is -0.395 e. The number of methoxy groups -OCH3 is 1. The molecular weight excluding hydrogens is 180 g/mol. The average Bonchev–Trinajstić information content (AvgIpc) is 2.26. The number of ether oxygens (including phenoxy) is 1. The minimum atomic E-state index is -0.484. The first-order valence-corrected chi connectivity index (χ1v) is 5.06. The molecule has 0 aliphatic heterocycles. The Hall–Kier alpha value is -0.630. The fraction of sp³-hybridized carbons (Fsp3) is 0.900. The van der Waals surface area contributed by atoms with E-state index in [2.05, 4.69) is 11.4 Å². The van der Waals surface area contributed by atoms with E-state index in [4.69, 9.17) is 15.1 Å². The van der Waals surface area contributed by atoms with Crippen LogP contribution in [0.25, 0.3) is 0 Å². The van der Waals surface area contributed by atoms with Crippen molar-refractivity contribution in [3.8, 4) is 6.07 Å². The topological polar surface area (TPSA) is 65.3 Å². The maximum absolute atomic E-state index is 9.13. The maximum Gasteiger partial charge on any atom is 0.109 e. The molecule has 2 unspecified atom stereocenters. The van der Waals surface area contributed by atoms with Crippen LogP contribution in [0.4, 0.5) is 0 Å². The van der Waals surface area contributed by atoms with Crippen LogP contribution >= 0.6 is 0 Å². The molecule has 0 aromatic rings. The molecule has 1 rings (SSSR count). The number of nitrogens with one attached hydrogen (secondary N) is 1. The molecule has 2 N–H and O–H groups in total. The first kappa shape index (κ1) is 11.4. The first-order valence-electron chi connectivity index (χ1n) is 5.06. The molecule has 14 heavy (non-hydrogen) atoms. The highest BCUT2D eigenvalue weighted by Crippen LogP contribution is 2.29. The lowest BCUT2D eigenvalue weighted by atomic mass is 9.81. The van der Waals surface area contributed by atoms with E-state index in [1.165, 1.54) is 0 Å². The van der Waals surface area contributed by atoms with E-state index in [9.17, 15) is 0 Å². The maximum atomic E-state index is 9.13. The third-order valence-corrected chi connectivity index (χ3v) is 2.83. The second-order valence-electron chi connectivity index (χ2n) is 3.80. The van der Waals surface area contributed by atoms with E-state index in [-0.39, 0.29) is 12.7 Å². The van der Waals surface area contributed by atoms with Gasteiger partial charge < -0.3 is 9.84 Å². The molecule has 1 aliphatic rings. The largest absolute Gasteiger partial charge is 0.395 e. The Balaban J connectivity index is 2.55. The van der Waals surface area contributed by atoms with E-state index in [0.29, 0.717) is 6.54 Å². The molecule has 1 fully saturated rings. The first-order chi connectivity index (χ1) is 6.76. The lowest BCUT2D eigenvalue weighted by Gasteiger charge is -2.35. The number of β-amino-alcohol motifs (C(OH)–C–C–N with tert-alkyl or cyclic N) is 1. The van der Waals surface area contributed by atoms with Gasteiger partial charge in [-0.15, -0.1) is 0 Å². The highest BCUT2D eigenvalue weighted by atomic mass is 16.5. The van der Waals surface area contributed by atoms with Gasteiger partial charge in [-0.05, 0) is 19.3 Å². The van der Waals surface area contributed by atoms with Crippen molar-refractivity contribution < 1.29 is 9.84 Å². The Labute approximate surface area is 84.9 Å². The number of hydrogen-bond donors (Lipinski definition) is 2. The zero-order chi connectivity index (χ0) is 10.4. The van der Waals surface area contributed by atoms with Crippen LogP contribution in [0.2, 0.25) is 0 Å². The summed E-state index contributed by atoms with van der Waals surface area (Å²) >= 11 is 0. The summed E-state index contributed by atoms with van der Waals surface area (Å²) in [6.07, 6.45) is 3.78. The third kappa shape index (κ3) is 2.68. The Morgan fingerprint density at radius 2 is 2.50 bits per heavy atom. The summed E-state index contributed by atoms with van der Waals surface area (Å²) in [5, 5.41) is 21.0. The summed E-state index contributed by atoms with van der Waals surface area (Å²) in [5.41, 5.74) is -0.484. The Morgan fingerprint density at radius 3 is 3.07 bits per heavy atom. The summed E-state index contributed by atoms with van der Waals surface area (Å²) in [6, 6.07) is 2.31. The highest BCUT2D eigenvalue weighted by Gasteiger charge is 2.35. The zero-order valence-electron chi connectivity index (χ0n) is 8.62. The number of hydrogen-bond acceptors (Lipinski definition) is 4. The van der Waals surface area contributed by atoms with Gasteiger partial charge in [-0.25, -0.2) is 0 Å². The van der Waals surface area contributed by atoms with Crippen molar-refractivity contribution in [3.63, 3.8) is 0 Å². The Bertz CT molecular complexity index is 215. The SMILES string of the molecule is COC1CCCC(C#N)(NCCO)C1. The van der Waals surface area contributed by atoms with E-state index in [1.54, 1.807) is 7.11 Å². The molecule has 2 atom stereocenters. The van der Waals surface area contributed by atoms with Crippen molar-refractivity contribution >= 4 is 0 Å². The van der Waals surface area contributed by atoms with Gasteiger partial charge in [-0.3, -0.25) is 5.32 Å². The summed E-state index contributed by atoms with van der Waals surface area (Å²) in [7, 11) is 1.68. The van der Waals surface area contributed by atoms with Gasteiger partial charge in [0.15, 0.2) is 0 Å². The van der Waals surface area contributed by atoms with Crippen molar-refractivity contribution in [1.29, 1.82) is 5.26 Å². The van der Waals surface area contributed by atoms with Crippen LogP contribution < -0.4 is 5.32 Å². The van der Waals surface area contributed by atoms with Gasteiger partial charge in [0.05, 0.1) is 18.8 Å². The molecule has 0 aromatic carbocycles. The van der Waals surface area contributed by atoms with E-state index >= 15 is 0 Å². The molecule has 0 aromatic heterocycles. The molecule has 0 heterocycles. The van der Waals surface area contributed by atoms with Gasteiger partial charge >= 0.3 is 0 Å². The summed E-state index contributed by atoms with van der Waals surface area (Å²) < 4.78 is 5.27. The Morgan fingerprint density at radius 1 is 1.71 bits per heavy atom. The lowest BCUT2D eigenvalue weighted by Crippen LogP contribution is -2.50. The monoisotopic (exact) mass is 198 g/mol. The molecule has 4 nitrogen and oxygen atoms in total. The molecule has 0 spiro atoms. The smallest absolute Gasteiger partial charge is 0.109 e. The molecule has 4 heteroatoms. The van der Waals surface area contributed by atoms with Gasteiger partial charge in [0.1, 0.15) is 5.54 Å². The van der Waals surface area contributed by atoms with Crippen molar-refractivity contribution in [2.75, 3.05) is 20.3 Å². The van der Waals surface area contributed by atoms with E-state index < -0.39 is 5.54 Å². The number of nitrogens with zero attached hydrogens (tertiary/aromatic N) is 1. The van der Waals surface area contributed by atoms with E-state index in [1.807, 2.05) is 0 Å². The molecule has 1 saturated carbocycles. The predicted molar refractivity (Wildman–Crippen MR) is 52.7 cm³/mol. The number of rotatable bonds is 4. The molecule has 0 bridgehead atoms. The molecular formula is C10H18N2O2. The molecule has 0 radical (unpaired) electrons. The van der Waals surface area contributed by atoms with Crippen LogP contribution in [0.5, 0.6) is 0 Å². The van der Waals surface area contributed by atoms with Gasteiger partial charge in [-0.1, -0.05) is 0 Å². The highest BCUT2D eigenvalue weighted by molar-refractivity contribution is 5.10. The van der Waals surface area contributed by atoms with Crippen LogP contribution in [0.1, 0.15) is 25.7 Å². The summed E-state index contributed by atoms with van der Waals surface area (Å²) in [6.45, 7) is 0.547. The fourth-order valence-electron chi connectivity index (χ4n) is 2.02. The second-order valence-corrected chi connectivity index (χ2v) is 3.80. The number of aliphatic hydroxyl groups is 1. The van der Waals surface area contributed by atoms with Gasteiger partial charge in [0.25, 0.3) is 0 Å². The molecule has 80 valence electrons. The van der Waals surface area contributed by atoms with Crippen LogP contribution in [-0.2, 0) is 4.74 Å². The van der Waals surface area contributed by atoms with Crippen LogP contribution in [0.3, 0.4) is 0 Å². The van der Waals surface area contributed by atoms with Gasteiger partial charge in [0, 0.05) is 20.1 Å². The van der Waals surface area contributed by atoms with Crippen LogP contribution in [-0.4, -0.2) is 37.0 Å². The van der Waals surface area contributed by atoms with E-state index in [0.717, 1.165) is 25.7 Å². The zero-order valence-corrected chi connectivity index (χ0v) is 8.62. The lowest BCUT2D eigenvalue weighted by molar-refractivity contribution is 0.0439. The van der Waals surface area contributed by atoms with Crippen LogP contribution in [0.15, 0.2) is 0 Å².